The van der Waals surface area contributed by atoms with E-state index in [-0.39, 0.29) is 24.4 Å². The monoisotopic (exact) mass is 302 g/mol. The van der Waals surface area contributed by atoms with Gasteiger partial charge in [0.05, 0.1) is 10.6 Å². The molecular formula is C14H20Cl2N2O. The summed E-state index contributed by atoms with van der Waals surface area (Å²) in [6.45, 7) is 3.22. The number of aryl methyl sites for hydroxylation is 1. The Balaban J connectivity index is 0.00000180. The van der Waals surface area contributed by atoms with Crippen LogP contribution in [0.3, 0.4) is 0 Å². The molecule has 1 aromatic carbocycles. The molecule has 106 valence electrons. The Bertz CT molecular complexity index is 451. The fourth-order valence-electron chi connectivity index (χ4n) is 2.48. The van der Waals surface area contributed by atoms with Crippen LogP contribution >= 0.6 is 24.0 Å². The van der Waals surface area contributed by atoms with Crippen LogP contribution in [0.4, 0.5) is 0 Å². The van der Waals surface area contributed by atoms with Crippen molar-refractivity contribution in [3.63, 3.8) is 0 Å². The van der Waals surface area contributed by atoms with Crippen molar-refractivity contribution in [3.8, 4) is 0 Å². The highest BCUT2D eigenvalue weighted by atomic mass is 35.5. The Labute approximate surface area is 125 Å². The lowest BCUT2D eigenvalue weighted by Crippen LogP contribution is -2.47. The molecule has 1 fully saturated rings. The van der Waals surface area contributed by atoms with Crippen molar-refractivity contribution in [2.45, 2.75) is 32.2 Å². The van der Waals surface area contributed by atoms with Gasteiger partial charge < -0.3 is 10.6 Å². The van der Waals surface area contributed by atoms with E-state index in [0.717, 1.165) is 31.4 Å². The second kappa shape index (κ2) is 7.13. The molecule has 0 saturated carbocycles. The molecule has 1 aromatic rings. The molecule has 19 heavy (non-hydrogen) atoms. The first-order valence-corrected chi connectivity index (χ1v) is 6.79. The molecule has 2 N–H and O–H groups in total. The largest absolute Gasteiger partial charge is 0.334 e. The molecule has 1 aliphatic rings. The lowest BCUT2D eigenvalue weighted by molar-refractivity contribution is 0.0623. The minimum Gasteiger partial charge on any atom is -0.334 e. The van der Waals surface area contributed by atoms with Gasteiger partial charge in [-0.3, -0.25) is 4.79 Å². The second-order valence-electron chi connectivity index (χ2n) is 4.82. The molecule has 0 aliphatic carbocycles. The van der Waals surface area contributed by atoms with E-state index in [2.05, 4.69) is 0 Å². The molecule has 1 aliphatic heterocycles. The predicted octanol–water partition coefficient (Wildman–Crippen LogP) is 3.02. The van der Waals surface area contributed by atoms with Crippen molar-refractivity contribution in [2.24, 2.45) is 5.73 Å². The van der Waals surface area contributed by atoms with Gasteiger partial charge in [0.1, 0.15) is 0 Å². The number of halogens is 2. The highest BCUT2D eigenvalue weighted by Gasteiger charge is 2.27. The van der Waals surface area contributed by atoms with Crippen LogP contribution in [0, 0.1) is 6.92 Å². The van der Waals surface area contributed by atoms with Crippen LogP contribution in [0.2, 0.25) is 5.02 Å². The van der Waals surface area contributed by atoms with Crippen LogP contribution in [0.5, 0.6) is 0 Å². The Morgan fingerprint density at radius 2 is 2.21 bits per heavy atom. The van der Waals surface area contributed by atoms with E-state index in [0.29, 0.717) is 17.1 Å². The maximum absolute atomic E-state index is 12.5. The normalized spacial score (nSPS) is 18.9. The smallest absolute Gasteiger partial charge is 0.255 e. The number of hydrogen-bond donors (Lipinski definition) is 1. The third kappa shape index (κ3) is 3.41. The van der Waals surface area contributed by atoms with Gasteiger partial charge in [-0.25, -0.2) is 0 Å². The van der Waals surface area contributed by atoms with Gasteiger partial charge in [0.15, 0.2) is 0 Å². The Morgan fingerprint density at radius 3 is 2.89 bits per heavy atom. The molecule has 2 rings (SSSR count). The number of carbonyl (C=O) groups excluding carboxylic acids is 1. The summed E-state index contributed by atoms with van der Waals surface area (Å²) in [5.74, 6) is 0.0128. The van der Waals surface area contributed by atoms with Crippen LogP contribution < -0.4 is 5.73 Å². The SMILES string of the molecule is Cc1cccc(C(=O)N2CCCCC2CN)c1Cl.Cl. The lowest BCUT2D eigenvalue weighted by Gasteiger charge is -2.35. The van der Waals surface area contributed by atoms with E-state index in [9.17, 15) is 4.79 Å². The molecule has 0 radical (unpaired) electrons. The highest BCUT2D eigenvalue weighted by molar-refractivity contribution is 6.34. The average molecular weight is 303 g/mol. The summed E-state index contributed by atoms with van der Waals surface area (Å²) in [6, 6.07) is 5.73. The summed E-state index contributed by atoms with van der Waals surface area (Å²) in [6.07, 6.45) is 3.19. The zero-order chi connectivity index (χ0) is 13.1. The predicted molar refractivity (Wildman–Crippen MR) is 81.2 cm³/mol. The lowest BCUT2D eigenvalue weighted by atomic mass is 10.0. The van der Waals surface area contributed by atoms with Gasteiger partial charge in [0.2, 0.25) is 0 Å². The molecule has 3 nitrogen and oxygen atoms in total. The molecule has 1 amide bonds. The fourth-order valence-corrected chi connectivity index (χ4v) is 2.69. The van der Waals surface area contributed by atoms with Crippen molar-refractivity contribution >= 4 is 29.9 Å². The van der Waals surface area contributed by atoms with Crippen LogP contribution in [-0.4, -0.2) is 29.9 Å². The van der Waals surface area contributed by atoms with Gasteiger partial charge in [0, 0.05) is 19.1 Å². The molecule has 5 heteroatoms. The third-order valence-corrected chi connectivity index (χ3v) is 4.08. The van der Waals surface area contributed by atoms with Gasteiger partial charge in [0.25, 0.3) is 5.91 Å². The number of hydrogen-bond acceptors (Lipinski definition) is 2. The van der Waals surface area contributed by atoms with Crippen LogP contribution in [0.25, 0.3) is 0 Å². The van der Waals surface area contributed by atoms with Crippen LogP contribution in [-0.2, 0) is 0 Å². The van der Waals surface area contributed by atoms with Gasteiger partial charge in [-0.15, -0.1) is 12.4 Å². The van der Waals surface area contributed by atoms with Crippen molar-refractivity contribution < 1.29 is 4.79 Å². The molecule has 0 spiro atoms. The number of nitrogens with two attached hydrogens (primary N) is 1. The zero-order valence-electron chi connectivity index (χ0n) is 11.1. The first kappa shape index (κ1) is 16.3. The fraction of sp³-hybridized carbons (Fsp3) is 0.500. The highest BCUT2D eigenvalue weighted by Crippen LogP contribution is 2.25. The number of nitrogens with zero attached hydrogens (tertiary/aromatic N) is 1. The maximum Gasteiger partial charge on any atom is 0.255 e. The molecule has 1 saturated heterocycles. The molecule has 1 heterocycles. The van der Waals surface area contributed by atoms with E-state index in [1.54, 1.807) is 6.07 Å². The summed E-state index contributed by atoms with van der Waals surface area (Å²) >= 11 is 6.22. The van der Waals surface area contributed by atoms with Gasteiger partial charge in [-0.05, 0) is 37.8 Å². The second-order valence-corrected chi connectivity index (χ2v) is 5.20. The Kier molecular flexibility index (Phi) is 6.11. The van der Waals surface area contributed by atoms with Gasteiger partial charge in [-0.2, -0.15) is 0 Å². The summed E-state index contributed by atoms with van der Waals surface area (Å²) in [4.78, 5) is 14.4. The van der Waals surface area contributed by atoms with Crippen LogP contribution in [0.15, 0.2) is 18.2 Å². The third-order valence-electron chi connectivity index (χ3n) is 3.58. The van der Waals surface area contributed by atoms with Crippen molar-refractivity contribution in [1.29, 1.82) is 0 Å². The maximum atomic E-state index is 12.5. The van der Waals surface area contributed by atoms with Gasteiger partial charge in [-0.1, -0.05) is 23.7 Å². The zero-order valence-corrected chi connectivity index (χ0v) is 12.6. The Hall–Kier alpha value is -0.770. The molecule has 0 bridgehead atoms. The van der Waals surface area contributed by atoms with Crippen molar-refractivity contribution in [2.75, 3.05) is 13.1 Å². The molecule has 1 unspecified atom stereocenters. The first-order chi connectivity index (χ1) is 8.65. The number of likely N-dealkylation sites (tertiary alicyclic amines) is 1. The van der Waals surface area contributed by atoms with Gasteiger partial charge >= 0.3 is 0 Å². The number of amides is 1. The Morgan fingerprint density at radius 1 is 1.47 bits per heavy atom. The average Bonchev–Trinajstić information content (AvgIpc) is 2.41. The summed E-state index contributed by atoms with van der Waals surface area (Å²) in [5.41, 5.74) is 7.28. The quantitative estimate of drug-likeness (QED) is 0.913. The van der Waals surface area contributed by atoms with Crippen molar-refractivity contribution in [3.05, 3.63) is 34.3 Å². The first-order valence-electron chi connectivity index (χ1n) is 6.41. The standard InChI is InChI=1S/C14H19ClN2O.ClH/c1-10-5-4-7-12(13(10)15)14(18)17-8-3-2-6-11(17)9-16;/h4-5,7,11H,2-3,6,8-9,16H2,1H3;1H. The number of benzene rings is 1. The van der Waals surface area contributed by atoms with Crippen LogP contribution in [0.1, 0.15) is 35.2 Å². The van der Waals surface area contributed by atoms with E-state index in [4.69, 9.17) is 17.3 Å². The van der Waals surface area contributed by atoms with E-state index in [1.807, 2.05) is 24.0 Å². The molecular weight excluding hydrogens is 283 g/mol. The summed E-state index contributed by atoms with van der Waals surface area (Å²) < 4.78 is 0. The topological polar surface area (TPSA) is 46.3 Å². The van der Waals surface area contributed by atoms with E-state index >= 15 is 0 Å². The number of piperidine rings is 1. The number of rotatable bonds is 2. The molecule has 0 aromatic heterocycles. The number of carbonyl (C=O) groups is 1. The van der Waals surface area contributed by atoms with E-state index in [1.165, 1.54) is 0 Å². The minimum atomic E-state index is 0. The van der Waals surface area contributed by atoms with Crippen molar-refractivity contribution in [1.82, 2.24) is 4.90 Å². The summed E-state index contributed by atoms with van der Waals surface area (Å²) in [7, 11) is 0. The minimum absolute atomic E-state index is 0. The van der Waals surface area contributed by atoms with E-state index < -0.39 is 0 Å². The summed E-state index contributed by atoms with van der Waals surface area (Å²) in [5, 5.41) is 0.559. The molecule has 1 atom stereocenters.